The minimum absolute atomic E-state index is 0.157. The van der Waals surface area contributed by atoms with Crippen molar-refractivity contribution >= 4 is 23.3 Å². The van der Waals surface area contributed by atoms with Crippen LogP contribution in [0.15, 0.2) is 42.5 Å². The van der Waals surface area contributed by atoms with E-state index in [0.717, 1.165) is 16.8 Å². The Labute approximate surface area is 148 Å². The van der Waals surface area contributed by atoms with Crippen LogP contribution in [0.5, 0.6) is 0 Å². The maximum atomic E-state index is 12.2. The van der Waals surface area contributed by atoms with Crippen LogP contribution >= 0.6 is 0 Å². The smallest absolute Gasteiger partial charge is 0.340 e. The summed E-state index contributed by atoms with van der Waals surface area (Å²) in [6.45, 7) is 6.62. The highest BCUT2D eigenvalue weighted by Crippen LogP contribution is 2.19. The lowest BCUT2D eigenvalue weighted by Crippen LogP contribution is -2.19. The maximum Gasteiger partial charge on any atom is 0.340 e. The molecule has 2 aromatic rings. The fourth-order valence-corrected chi connectivity index (χ4v) is 2.59. The number of hydrogen-bond acceptors (Lipinski definition) is 4. The summed E-state index contributed by atoms with van der Waals surface area (Å²) in [7, 11) is 0. The summed E-state index contributed by atoms with van der Waals surface area (Å²) in [6.07, 6.45) is 0.297. The molecular weight excluding hydrogens is 316 g/mol. The standard InChI is InChI=1S/C20H24N2O3/c1-4-25-20(24)16-10-5-6-11-17(16)22-18(23)12-13-21-19-14(2)8-7-9-15(19)3/h5-11,21H,4,12-13H2,1-3H3,(H,22,23). The molecule has 0 unspecified atom stereocenters. The van der Waals surface area contributed by atoms with Gasteiger partial charge in [-0.3, -0.25) is 4.79 Å². The summed E-state index contributed by atoms with van der Waals surface area (Å²) >= 11 is 0. The third-order valence-corrected chi connectivity index (χ3v) is 3.83. The molecule has 0 heterocycles. The van der Waals surface area contributed by atoms with E-state index in [1.807, 2.05) is 32.0 Å². The van der Waals surface area contributed by atoms with Gasteiger partial charge in [0, 0.05) is 18.7 Å². The molecule has 25 heavy (non-hydrogen) atoms. The Morgan fingerprint density at radius 2 is 1.68 bits per heavy atom. The molecule has 5 nitrogen and oxygen atoms in total. The Hall–Kier alpha value is -2.82. The second kappa shape index (κ2) is 8.87. The summed E-state index contributed by atoms with van der Waals surface area (Å²) in [5.41, 5.74) is 4.18. The number of para-hydroxylation sites is 2. The van der Waals surface area contributed by atoms with Crippen molar-refractivity contribution in [2.75, 3.05) is 23.8 Å². The zero-order valence-corrected chi connectivity index (χ0v) is 14.9. The first-order chi connectivity index (χ1) is 12.0. The quantitative estimate of drug-likeness (QED) is 0.750. The molecule has 0 saturated carbocycles. The van der Waals surface area contributed by atoms with Gasteiger partial charge in [-0.05, 0) is 44.0 Å². The minimum atomic E-state index is -0.438. The van der Waals surface area contributed by atoms with Crippen LogP contribution in [-0.4, -0.2) is 25.0 Å². The number of benzene rings is 2. The Kier molecular flexibility index (Phi) is 6.57. The maximum absolute atomic E-state index is 12.2. The van der Waals surface area contributed by atoms with Gasteiger partial charge in [0.15, 0.2) is 0 Å². The van der Waals surface area contributed by atoms with E-state index in [-0.39, 0.29) is 5.91 Å². The molecular formula is C20H24N2O3. The molecule has 2 rings (SSSR count). The average Bonchev–Trinajstić information content (AvgIpc) is 2.58. The first kappa shape index (κ1) is 18.5. The van der Waals surface area contributed by atoms with E-state index in [4.69, 9.17) is 4.74 Å². The number of anilines is 2. The fourth-order valence-electron chi connectivity index (χ4n) is 2.59. The molecule has 0 aliphatic carbocycles. The van der Waals surface area contributed by atoms with Crippen LogP contribution in [0.2, 0.25) is 0 Å². The molecule has 0 radical (unpaired) electrons. The lowest BCUT2D eigenvalue weighted by molar-refractivity contribution is -0.115. The topological polar surface area (TPSA) is 67.4 Å². The monoisotopic (exact) mass is 340 g/mol. The van der Waals surface area contributed by atoms with Gasteiger partial charge >= 0.3 is 5.97 Å². The molecule has 0 aliphatic heterocycles. The molecule has 0 aromatic heterocycles. The summed E-state index contributed by atoms with van der Waals surface area (Å²) in [6, 6.07) is 12.9. The van der Waals surface area contributed by atoms with Crippen LogP contribution in [0.3, 0.4) is 0 Å². The zero-order chi connectivity index (χ0) is 18.2. The van der Waals surface area contributed by atoms with Crippen LogP contribution in [0, 0.1) is 13.8 Å². The Morgan fingerprint density at radius 3 is 2.36 bits per heavy atom. The minimum Gasteiger partial charge on any atom is -0.462 e. The molecule has 0 saturated heterocycles. The molecule has 5 heteroatoms. The SMILES string of the molecule is CCOC(=O)c1ccccc1NC(=O)CCNc1c(C)cccc1C. The van der Waals surface area contributed by atoms with E-state index < -0.39 is 5.97 Å². The Balaban J connectivity index is 1.94. The highest BCUT2D eigenvalue weighted by atomic mass is 16.5. The average molecular weight is 340 g/mol. The van der Waals surface area contributed by atoms with Crippen molar-refractivity contribution in [1.82, 2.24) is 0 Å². The normalized spacial score (nSPS) is 10.2. The molecule has 0 fully saturated rings. The number of amides is 1. The van der Waals surface area contributed by atoms with Gasteiger partial charge in [0.05, 0.1) is 17.9 Å². The van der Waals surface area contributed by atoms with Gasteiger partial charge in [-0.1, -0.05) is 30.3 Å². The van der Waals surface area contributed by atoms with Crippen molar-refractivity contribution in [2.45, 2.75) is 27.2 Å². The van der Waals surface area contributed by atoms with Crippen molar-refractivity contribution in [2.24, 2.45) is 0 Å². The number of rotatable bonds is 7. The Morgan fingerprint density at radius 1 is 1.00 bits per heavy atom. The van der Waals surface area contributed by atoms with Crippen molar-refractivity contribution in [3.8, 4) is 0 Å². The first-order valence-electron chi connectivity index (χ1n) is 8.39. The highest BCUT2D eigenvalue weighted by molar-refractivity contribution is 6.01. The van der Waals surface area contributed by atoms with Crippen LogP contribution in [0.1, 0.15) is 34.8 Å². The van der Waals surface area contributed by atoms with Crippen LogP contribution in [0.25, 0.3) is 0 Å². The van der Waals surface area contributed by atoms with Crippen LogP contribution < -0.4 is 10.6 Å². The fraction of sp³-hybridized carbons (Fsp3) is 0.300. The zero-order valence-electron chi connectivity index (χ0n) is 14.9. The number of hydrogen-bond donors (Lipinski definition) is 2. The van der Waals surface area contributed by atoms with Crippen LogP contribution in [-0.2, 0) is 9.53 Å². The Bertz CT molecular complexity index is 736. The number of carbonyl (C=O) groups excluding carboxylic acids is 2. The van der Waals surface area contributed by atoms with Crippen molar-refractivity contribution in [3.63, 3.8) is 0 Å². The molecule has 2 N–H and O–H groups in total. The molecule has 132 valence electrons. The lowest BCUT2D eigenvalue weighted by Gasteiger charge is -2.13. The summed E-state index contributed by atoms with van der Waals surface area (Å²) < 4.78 is 5.01. The predicted molar refractivity (Wildman–Crippen MR) is 100 cm³/mol. The van der Waals surface area contributed by atoms with Gasteiger partial charge < -0.3 is 15.4 Å². The van der Waals surface area contributed by atoms with E-state index in [1.54, 1.807) is 31.2 Å². The van der Waals surface area contributed by atoms with E-state index in [0.29, 0.717) is 30.8 Å². The van der Waals surface area contributed by atoms with Crippen molar-refractivity contribution in [1.29, 1.82) is 0 Å². The predicted octanol–water partition coefficient (Wildman–Crippen LogP) is 3.92. The van der Waals surface area contributed by atoms with E-state index >= 15 is 0 Å². The van der Waals surface area contributed by atoms with Gasteiger partial charge in [-0.25, -0.2) is 4.79 Å². The van der Waals surface area contributed by atoms with Gasteiger partial charge in [0.25, 0.3) is 0 Å². The van der Waals surface area contributed by atoms with Crippen molar-refractivity contribution < 1.29 is 14.3 Å². The van der Waals surface area contributed by atoms with Gasteiger partial charge in [-0.15, -0.1) is 0 Å². The van der Waals surface area contributed by atoms with Gasteiger partial charge in [-0.2, -0.15) is 0 Å². The number of aryl methyl sites for hydroxylation is 2. The number of carbonyl (C=O) groups is 2. The highest BCUT2D eigenvalue weighted by Gasteiger charge is 2.13. The van der Waals surface area contributed by atoms with E-state index in [2.05, 4.69) is 10.6 Å². The first-order valence-corrected chi connectivity index (χ1v) is 8.39. The van der Waals surface area contributed by atoms with Gasteiger partial charge in [0.1, 0.15) is 0 Å². The van der Waals surface area contributed by atoms with Gasteiger partial charge in [0.2, 0.25) is 5.91 Å². The lowest BCUT2D eigenvalue weighted by atomic mass is 10.1. The van der Waals surface area contributed by atoms with Crippen molar-refractivity contribution in [3.05, 3.63) is 59.2 Å². The molecule has 0 atom stereocenters. The number of esters is 1. The summed E-state index contributed by atoms with van der Waals surface area (Å²) in [5.74, 6) is -0.595. The van der Waals surface area contributed by atoms with E-state index in [1.165, 1.54) is 0 Å². The van der Waals surface area contributed by atoms with Crippen LogP contribution in [0.4, 0.5) is 11.4 Å². The summed E-state index contributed by atoms with van der Waals surface area (Å²) in [4.78, 5) is 24.1. The van der Waals surface area contributed by atoms with E-state index in [9.17, 15) is 9.59 Å². The molecule has 0 spiro atoms. The second-order valence-corrected chi connectivity index (χ2v) is 5.76. The third-order valence-electron chi connectivity index (χ3n) is 3.83. The molecule has 1 amide bonds. The summed E-state index contributed by atoms with van der Waals surface area (Å²) in [5, 5.41) is 6.09. The number of ether oxygens (including phenoxy) is 1. The second-order valence-electron chi connectivity index (χ2n) is 5.76. The number of nitrogens with one attached hydrogen (secondary N) is 2. The molecule has 0 bridgehead atoms. The third kappa shape index (κ3) is 5.08. The molecule has 0 aliphatic rings. The molecule has 2 aromatic carbocycles. The largest absolute Gasteiger partial charge is 0.462 e.